The smallest absolute Gasteiger partial charge is 0.182 e. The van der Waals surface area contributed by atoms with Gasteiger partial charge in [-0.1, -0.05) is 91.0 Å². The van der Waals surface area contributed by atoms with Crippen molar-refractivity contribution in [3.8, 4) is 45.6 Å². The number of rotatable bonds is 8. The molecule has 0 spiro atoms. The third-order valence-corrected chi connectivity index (χ3v) is 12.7. The summed E-state index contributed by atoms with van der Waals surface area (Å²) in [6.07, 6.45) is 3.74. The van der Waals surface area contributed by atoms with E-state index in [0.717, 1.165) is 50.9 Å². The van der Waals surface area contributed by atoms with Crippen molar-refractivity contribution in [3.05, 3.63) is 163 Å². The van der Waals surface area contributed by atoms with Crippen LogP contribution in [0, 0.1) is 0 Å². The number of hydrogen-bond donors (Lipinski definition) is 0. The van der Waals surface area contributed by atoms with E-state index in [9.17, 15) is 0 Å². The largest absolute Gasteiger partial charge is 0.318 e. The Morgan fingerprint density at radius 1 is 0.350 bits per heavy atom. The number of pyridine rings is 2. The summed E-state index contributed by atoms with van der Waals surface area (Å²) in [5.41, 5.74) is 7.09. The first kappa shape index (κ1) is 38.6. The molecule has 298 valence electrons. The molecule has 0 bridgehead atoms. The zero-order chi connectivity index (χ0) is 41.9. The number of aliphatic imine (C=N–C) groups is 2. The summed E-state index contributed by atoms with van der Waals surface area (Å²) in [5.74, 6) is 3.18. The number of nitrogens with zero attached hydrogens (tertiary/aromatic N) is 9. The van der Waals surface area contributed by atoms with Crippen molar-refractivity contribution in [3.63, 3.8) is 0 Å². The minimum Gasteiger partial charge on any atom is -0.318 e. The summed E-state index contributed by atoms with van der Waals surface area (Å²) in [5, 5.41) is 0. The van der Waals surface area contributed by atoms with E-state index < -0.39 is 0 Å². The molecule has 0 saturated heterocycles. The van der Waals surface area contributed by atoms with Crippen molar-refractivity contribution in [1.29, 1.82) is 0 Å². The van der Waals surface area contributed by atoms with Crippen molar-refractivity contribution in [2.75, 3.05) is 9.80 Å². The van der Waals surface area contributed by atoms with Gasteiger partial charge in [0.25, 0.3) is 0 Å². The summed E-state index contributed by atoms with van der Waals surface area (Å²) in [4.78, 5) is 40.1. The lowest BCUT2D eigenvalue weighted by Crippen LogP contribution is -2.53. The molecule has 2 aliphatic rings. The van der Waals surface area contributed by atoms with Crippen LogP contribution in [0.3, 0.4) is 0 Å². The number of anilines is 2. The normalized spacial score (nSPS) is 17.3. The molecule has 9 heteroatoms. The van der Waals surface area contributed by atoms with E-state index in [4.69, 9.17) is 34.9 Å². The predicted molar refractivity (Wildman–Crippen MR) is 244 cm³/mol. The van der Waals surface area contributed by atoms with E-state index in [1.54, 1.807) is 0 Å². The number of amidine groups is 2. The summed E-state index contributed by atoms with van der Waals surface area (Å²) in [6, 6.07) is 47.5. The molecule has 0 unspecified atom stereocenters. The molecule has 60 heavy (non-hydrogen) atoms. The van der Waals surface area contributed by atoms with Gasteiger partial charge in [-0.05, 0) is 115 Å². The molecular formula is C51H49N9. The minimum absolute atomic E-state index is 0.282. The minimum atomic E-state index is -0.343. The maximum atomic E-state index is 5.26. The van der Waals surface area contributed by atoms with Gasteiger partial charge in [0, 0.05) is 40.5 Å². The molecule has 0 N–H and O–H groups in total. The van der Waals surface area contributed by atoms with E-state index >= 15 is 0 Å². The third-order valence-electron chi connectivity index (χ3n) is 12.7. The van der Waals surface area contributed by atoms with Gasteiger partial charge in [-0.25, -0.2) is 15.0 Å². The molecule has 3 aromatic heterocycles. The lowest BCUT2D eigenvalue weighted by atomic mass is 9.83. The maximum Gasteiger partial charge on any atom is 0.182 e. The second-order valence-electron chi connectivity index (χ2n) is 17.6. The van der Waals surface area contributed by atoms with Gasteiger partial charge < -0.3 is 9.80 Å². The molecule has 4 aromatic carbocycles. The van der Waals surface area contributed by atoms with Crippen LogP contribution in [0.2, 0.25) is 0 Å². The maximum absolute atomic E-state index is 5.26. The Hall–Kier alpha value is -6.87. The molecule has 0 saturated carbocycles. The third kappa shape index (κ3) is 6.64. The Bertz CT molecular complexity index is 2570. The molecule has 9 rings (SSSR count). The molecule has 0 atom stereocenters. The number of aromatic nitrogens is 5. The van der Waals surface area contributed by atoms with Crippen LogP contribution in [-0.2, 0) is 0 Å². The Kier molecular flexibility index (Phi) is 9.30. The van der Waals surface area contributed by atoms with Crippen LogP contribution >= 0.6 is 0 Å². The summed E-state index contributed by atoms with van der Waals surface area (Å²) >= 11 is 0. The molecule has 2 aliphatic heterocycles. The SMILES string of the molecule is CC1(C)N=C(c2ccc(-c3nc(-c4ccc(-c5ccccc5)cc4)nc(-c4ccc(C5=NC(C)(C)C(C)(C)N5c5ccccc5)cn4)n3)nc2)N(c2ccccc2)C1(C)C. The van der Waals surface area contributed by atoms with Crippen molar-refractivity contribution < 1.29 is 0 Å². The van der Waals surface area contributed by atoms with Crippen LogP contribution in [0.5, 0.6) is 0 Å². The quantitative estimate of drug-likeness (QED) is 0.151. The van der Waals surface area contributed by atoms with Gasteiger partial charge >= 0.3 is 0 Å². The summed E-state index contributed by atoms with van der Waals surface area (Å²) < 4.78 is 0. The zero-order valence-corrected chi connectivity index (χ0v) is 35.5. The highest BCUT2D eigenvalue weighted by atomic mass is 15.3. The van der Waals surface area contributed by atoms with Crippen LogP contribution in [0.4, 0.5) is 11.4 Å². The molecule has 9 nitrogen and oxygen atoms in total. The van der Waals surface area contributed by atoms with Crippen LogP contribution in [-0.4, -0.2) is 58.7 Å². The van der Waals surface area contributed by atoms with Gasteiger partial charge in [0.1, 0.15) is 23.1 Å². The Morgan fingerprint density at radius 3 is 1.10 bits per heavy atom. The van der Waals surface area contributed by atoms with Crippen LogP contribution in [0.15, 0.2) is 162 Å². The lowest BCUT2D eigenvalue weighted by Gasteiger charge is -2.41. The Labute approximate surface area is 352 Å². The number of para-hydroxylation sites is 2. The molecule has 7 aromatic rings. The highest BCUT2D eigenvalue weighted by Gasteiger charge is 2.51. The van der Waals surface area contributed by atoms with Gasteiger partial charge in [-0.15, -0.1) is 0 Å². The zero-order valence-electron chi connectivity index (χ0n) is 35.5. The first-order valence-corrected chi connectivity index (χ1v) is 20.5. The monoisotopic (exact) mass is 787 g/mol. The Balaban J connectivity index is 1.10. The summed E-state index contributed by atoms with van der Waals surface area (Å²) in [7, 11) is 0. The average molecular weight is 788 g/mol. The fourth-order valence-electron chi connectivity index (χ4n) is 7.90. The number of benzene rings is 4. The first-order chi connectivity index (χ1) is 28.7. The highest BCUT2D eigenvalue weighted by molar-refractivity contribution is 6.13. The first-order valence-electron chi connectivity index (χ1n) is 20.5. The lowest BCUT2D eigenvalue weighted by molar-refractivity contribution is 0.338. The van der Waals surface area contributed by atoms with E-state index in [1.165, 1.54) is 0 Å². The molecule has 5 heterocycles. The Morgan fingerprint density at radius 2 is 0.700 bits per heavy atom. The molecule has 0 fully saturated rings. The van der Waals surface area contributed by atoms with Crippen molar-refractivity contribution >= 4 is 23.0 Å². The van der Waals surface area contributed by atoms with Gasteiger partial charge in [0.15, 0.2) is 17.5 Å². The topological polar surface area (TPSA) is 95.6 Å². The second-order valence-corrected chi connectivity index (χ2v) is 17.6. The van der Waals surface area contributed by atoms with Crippen molar-refractivity contribution in [1.82, 2.24) is 24.9 Å². The van der Waals surface area contributed by atoms with E-state index in [0.29, 0.717) is 28.9 Å². The van der Waals surface area contributed by atoms with Gasteiger partial charge in [-0.2, -0.15) is 0 Å². The predicted octanol–water partition coefficient (Wildman–Crippen LogP) is 11.0. The average Bonchev–Trinajstić information content (AvgIpc) is 3.59. The van der Waals surface area contributed by atoms with Crippen molar-refractivity contribution in [2.45, 2.75) is 77.5 Å². The summed E-state index contributed by atoms with van der Waals surface area (Å²) in [6.45, 7) is 17.7. The van der Waals surface area contributed by atoms with Crippen molar-refractivity contribution in [2.24, 2.45) is 9.98 Å². The highest BCUT2D eigenvalue weighted by Crippen LogP contribution is 2.43. The fourth-order valence-corrected chi connectivity index (χ4v) is 7.90. The molecular weight excluding hydrogens is 739 g/mol. The number of hydrogen-bond acceptors (Lipinski definition) is 9. The van der Waals surface area contributed by atoms with E-state index in [2.05, 4.69) is 162 Å². The molecule has 0 radical (unpaired) electrons. The van der Waals surface area contributed by atoms with E-state index in [-0.39, 0.29) is 22.2 Å². The van der Waals surface area contributed by atoms with Crippen LogP contribution < -0.4 is 9.80 Å². The molecule has 0 amide bonds. The van der Waals surface area contributed by atoms with Crippen LogP contribution in [0.1, 0.15) is 66.5 Å². The standard InChI is InChI=1S/C51H49N9/c1-48(2)50(5,6)59(39-20-14-10-15-21-39)46(57-48)37-28-30-41(52-32-37)44-54-43(36-26-24-35(25-27-36)34-18-12-9-13-19-34)55-45(56-44)42-31-29-38(33-53-42)47-58-49(3,4)51(7,8)60(47)40-22-16-11-17-23-40/h9-33H,1-8H3. The fraction of sp³-hybridized carbons (Fsp3) is 0.235. The van der Waals surface area contributed by atoms with Gasteiger partial charge in [0.2, 0.25) is 0 Å². The van der Waals surface area contributed by atoms with Crippen LogP contribution in [0.25, 0.3) is 45.6 Å². The van der Waals surface area contributed by atoms with Gasteiger partial charge in [-0.3, -0.25) is 20.0 Å². The molecule has 0 aliphatic carbocycles. The second kappa shape index (κ2) is 14.4. The van der Waals surface area contributed by atoms with Gasteiger partial charge in [0.05, 0.1) is 22.2 Å². The van der Waals surface area contributed by atoms with E-state index in [1.807, 2.05) is 54.9 Å².